The Labute approximate surface area is 111 Å². The van der Waals surface area contributed by atoms with Crippen LogP contribution in [0.15, 0.2) is 28.7 Å². The number of piperidine rings is 1. The van der Waals surface area contributed by atoms with Crippen LogP contribution in [0.25, 0.3) is 0 Å². The van der Waals surface area contributed by atoms with Crippen molar-refractivity contribution >= 4 is 28.3 Å². The van der Waals surface area contributed by atoms with Gasteiger partial charge in [0.25, 0.3) is 0 Å². The topological polar surface area (TPSA) is 21.3 Å². The average Bonchev–Trinajstić information content (AvgIpc) is 2.30. The molecule has 0 aliphatic carbocycles. The summed E-state index contributed by atoms with van der Waals surface area (Å²) in [5, 5.41) is 3.36. The summed E-state index contributed by atoms with van der Waals surface area (Å²) >= 11 is 3.41. The third-order valence-electron chi connectivity index (χ3n) is 2.76. The Bertz CT molecular complexity index is 298. The summed E-state index contributed by atoms with van der Waals surface area (Å²) in [6.07, 6.45) is 2.47. The van der Waals surface area contributed by atoms with Gasteiger partial charge < -0.3 is 10.1 Å². The number of hydrogen-bond donors (Lipinski definition) is 1. The van der Waals surface area contributed by atoms with Crippen LogP contribution in [0.2, 0.25) is 0 Å². The standard InChI is InChI=1S/C12H16BrNO.ClH/c13-11-1-3-12(4-2-11)15-9-10-5-7-14-8-6-10;/h1-4,10,14H,5-9H2;1H. The van der Waals surface area contributed by atoms with Crippen LogP contribution >= 0.6 is 28.3 Å². The summed E-state index contributed by atoms with van der Waals surface area (Å²) in [4.78, 5) is 0. The molecular weight excluding hydrogens is 289 g/mol. The molecule has 0 spiro atoms. The molecule has 0 atom stereocenters. The first kappa shape index (κ1) is 13.8. The van der Waals surface area contributed by atoms with Gasteiger partial charge in [-0.15, -0.1) is 12.4 Å². The largest absolute Gasteiger partial charge is 0.493 e. The fourth-order valence-electron chi connectivity index (χ4n) is 1.79. The number of ether oxygens (including phenoxy) is 1. The van der Waals surface area contributed by atoms with Crippen molar-refractivity contribution in [3.8, 4) is 5.75 Å². The molecule has 90 valence electrons. The summed E-state index contributed by atoms with van der Waals surface area (Å²) in [5.74, 6) is 1.69. The summed E-state index contributed by atoms with van der Waals surface area (Å²) in [6, 6.07) is 8.03. The molecule has 1 heterocycles. The molecule has 2 rings (SSSR count). The van der Waals surface area contributed by atoms with Crippen LogP contribution < -0.4 is 10.1 Å². The first-order chi connectivity index (χ1) is 7.34. The van der Waals surface area contributed by atoms with Crippen LogP contribution in [0.3, 0.4) is 0 Å². The van der Waals surface area contributed by atoms with Crippen molar-refractivity contribution in [1.82, 2.24) is 5.32 Å². The molecular formula is C12H17BrClNO. The van der Waals surface area contributed by atoms with Crippen LogP contribution in [-0.2, 0) is 0 Å². The highest BCUT2D eigenvalue weighted by Gasteiger charge is 2.13. The Morgan fingerprint density at radius 2 is 1.81 bits per heavy atom. The third-order valence-corrected chi connectivity index (χ3v) is 3.29. The van der Waals surface area contributed by atoms with E-state index in [0.717, 1.165) is 35.8 Å². The minimum Gasteiger partial charge on any atom is -0.493 e. The molecule has 0 aromatic heterocycles. The van der Waals surface area contributed by atoms with Gasteiger partial charge >= 0.3 is 0 Å². The Morgan fingerprint density at radius 3 is 2.44 bits per heavy atom. The van der Waals surface area contributed by atoms with Crippen molar-refractivity contribution in [3.63, 3.8) is 0 Å². The zero-order valence-electron chi connectivity index (χ0n) is 9.12. The van der Waals surface area contributed by atoms with Crippen LogP contribution in [0.4, 0.5) is 0 Å². The Hall–Kier alpha value is -0.250. The lowest BCUT2D eigenvalue weighted by Gasteiger charge is -2.22. The van der Waals surface area contributed by atoms with Crippen molar-refractivity contribution in [2.45, 2.75) is 12.8 Å². The molecule has 0 unspecified atom stereocenters. The van der Waals surface area contributed by atoms with E-state index < -0.39 is 0 Å². The summed E-state index contributed by atoms with van der Waals surface area (Å²) in [6.45, 7) is 3.12. The molecule has 1 fully saturated rings. The quantitative estimate of drug-likeness (QED) is 0.925. The van der Waals surface area contributed by atoms with Gasteiger partial charge in [0.1, 0.15) is 5.75 Å². The first-order valence-electron chi connectivity index (χ1n) is 5.44. The average molecular weight is 307 g/mol. The maximum Gasteiger partial charge on any atom is 0.119 e. The van der Waals surface area contributed by atoms with Crippen molar-refractivity contribution in [3.05, 3.63) is 28.7 Å². The second kappa shape index (κ2) is 7.15. The molecule has 0 saturated carbocycles. The smallest absolute Gasteiger partial charge is 0.119 e. The predicted octanol–water partition coefficient (Wildman–Crippen LogP) is 3.25. The predicted molar refractivity (Wildman–Crippen MR) is 72.5 cm³/mol. The highest BCUT2D eigenvalue weighted by molar-refractivity contribution is 9.10. The van der Waals surface area contributed by atoms with E-state index in [4.69, 9.17) is 4.74 Å². The zero-order chi connectivity index (χ0) is 10.5. The molecule has 1 saturated heterocycles. The highest BCUT2D eigenvalue weighted by Crippen LogP contribution is 2.18. The molecule has 1 aromatic rings. The lowest BCUT2D eigenvalue weighted by molar-refractivity contribution is 0.215. The van der Waals surface area contributed by atoms with Crippen LogP contribution in [0, 0.1) is 5.92 Å². The molecule has 1 aliphatic heterocycles. The van der Waals surface area contributed by atoms with Gasteiger partial charge in [-0.3, -0.25) is 0 Å². The summed E-state index contributed by atoms with van der Waals surface area (Å²) in [5.41, 5.74) is 0. The van der Waals surface area contributed by atoms with Gasteiger partial charge in [-0.05, 0) is 56.1 Å². The van der Waals surface area contributed by atoms with Gasteiger partial charge in [0.2, 0.25) is 0 Å². The van der Waals surface area contributed by atoms with Gasteiger partial charge in [0.15, 0.2) is 0 Å². The first-order valence-corrected chi connectivity index (χ1v) is 6.23. The van der Waals surface area contributed by atoms with Gasteiger partial charge in [-0.1, -0.05) is 15.9 Å². The van der Waals surface area contributed by atoms with E-state index >= 15 is 0 Å². The fourth-order valence-corrected chi connectivity index (χ4v) is 2.06. The van der Waals surface area contributed by atoms with Crippen LogP contribution in [-0.4, -0.2) is 19.7 Å². The van der Waals surface area contributed by atoms with Crippen molar-refractivity contribution in [2.75, 3.05) is 19.7 Å². The minimum absolute atomic E-state index is 0. The molecule has 0 amide bonds. The maximum atomic E-state index is 5.75. The van der Waals surface area contributed by atoms with Gasteiger partial charge in [-0.25, -0.2) is 0 Å². The Morgan fingerprint density at radius 1 is 1.19 bits per heavy atom. The van der Waals surface area contributed by atoms with E-state index in [0.29, 0.717) is 0 Å². The molecule has 0 radical (unpaired) electrons. The van der Waals surface area contributed by atoms with E-state index in [1.54, 1.807) is 0 Å². The third kappa shape index (κ3) is 4.32. The Kier molecular flexibility index (Phi) is 6.17. The van der Waals surface area contributed by atoms with E-state index in [9.17, 15) is 0 Å². The molecule has 1 aromatic carbocycles. The minimum atomic E-state index is 0. The lowest BCUT2D eigenvalue weighted by Crippen LogP contribution is -2.30. The second-order valence-corrected chi connectivity index (χ2v) is 4.87. The molecule has 1 aliphatic rings. The van der Waals surface area contributed by atoms with E-state index in [1.807, 2.05) is 24.3 Å². The highest BCUT2D eigenvalue weighted by atomic mass is 79.9. The number of nitrogens with one attached hydrogen (secondary N) is 1. The van der Waals surface area contributed by atoms with Gasteiger partial charge in [-0.2, -0.15) is 0 Å². The van der Waals surface area contributed by atoms with E-state index in [1.165, 1.54) is 12.8 Å². The monoisotopic (exact) mass is 305 g/mol. The molecule has 16 heavy (non-hydrogen) atoms. The molecule has 4 heteroatoms. The summed E-state index contributed by atoms with van der Waals surface area (Å²) in [7, 11) is 0. The van der Waals surface area contributed by atoms with Gasteiger partial charge in [0, 0.05) is 4.47 Å². The maximum absolute atomic E-state index is 5.75. The van der Waals surface area contributed by atoms with E-state index in [2.05, 4.69) is 21.2 Å². The SMILES string of the molecule is Brc1ccc(OCC2CCNCC2)cc1.Cl. The van der Waals surface area contributed by atoms with Crippen molar-refractivity contribution in [1.29, 1.82) is 0 Å². The molecule has 2 nitrogen and oxygen atoms in total. The zero-order valence-corrected chi connectivity index (χ0v) is 11.5. The Balaban J connectivity index is 0.00000128. The number of halogens is 2. The lowest BCUT2D eigenvalue weighted by atomic mass is 9.99. The van der Waals surface area contributed by atoms with Gasteiger partial charge in [0.05, 0.1) is 6.61 Å². The van der Waals surface area contributed by atoms with Crippen LogP contribution in [0.5, 0.6) is 5.75 Å². The normalized spacial score (nSPS) is 16.6. The fraction of sp³-hybridized carbons (Fsp3) is 0.500. The van der Waals surface area contributed by atoms with Crippen molar-refractivity contribution in [2.24, 2.45) is 5.92 Å². The summed E-state index contributed by atoms with van der Waals surface area (Å²) < 4.78 is 6.85. The number of hydrogen-bond acceptors (Lipinski definition) is 2. The van der Waals surface area contributed by atoms with E-state index in [-0.39, 0.29) is 12.4 Å². The second-order valence-electron chi connectivity index (χ2n) is 3.96. The number of benzene rings is 1. The molecule has 1 N–H and O–H groups in total. The van der Waals surface area contributed by atoms with Crippen LogP contribution in [0.1, 0.15) is 12.8 Å². The van der Waals surface area contributed by atoms with Crippen molar-refractivity contribution < 1.29 is 4.74 Å². The molecule has 0 bridgehead atoms. The number of rotatable bonds is 3.